The second-order valence-electron chi connectivity index (χ2n) is 2.32. The van der Waals surface area contributed by atoms with E-state index in [1.165, 1.54) is 7.11 Å². The van der Waals surface area contributed by atoms with Crippen LogP contribution >= 0.6 is 31.9 Å². The monoisotopic (exact) mass is 307 g/mol. The van der Waals surface area contributed by atoms with Gasteiger partial charge in [0.25, 0.3) is 0 Å². The van der Waals surface area contributed by atoms with Gasteiger partial charge in [-0.1, -0.05) is 0 Å². The summed E-state index contributed by atoms with van der Waals surface area (Å²) >= 11 is 6.52. The lowest BCUT2D eigenvalue weighted by Gasteiger charge is -2.02. The van der Waals surface area contributed by atoms with Crippen LogP contribution in [0, 0.1) is 0 Å². The van der Waals surface area contributed by atoms with E-state index in [4.69, 9.17) is 0 Å². The Balaban J connectivity index is 2.87. The number of esters is 1. The Morgan fingerprint density at radius 1 is 1.54 bits per heavy atom. The number of rotatable bonds is 2. The molecule has 1 rings (SSSR count). The van der Waals surface area contributed by atoms with Crippen LogP contribution in [0.5, 0.6) is 0 Å². The molecule has 0 aliphatic heterocycles. The second-order valence-corrected chi connectivity index (χ2v) is 3.98. The summed E-state index contributed by atoms with van der Waals surface area (Å²) in [5.74, 6) is -0.300. The molecule has 70 valence electrons. The largest absolute Gasteiger partial charge is 0.469 e. The minimum absolute atomic E-state index is 0.177. The lowest BCUT2D eigenvalue weighted by Crippen LogP contribution is -2.06. The van der Waals surface area contributed by atoms with Gasteiger partial charge < -0.3 is 4.74 Å². The summed E-state index contributed by atoms with van der Waals surface area (Å²) in [6, 6.07) is 3.63. The summed E-state index contributed by atoms with van der Waals surface area (Å²) in [5, 5.41) is 0. The number of methoxy groups -OCH3 is 1. The van der Waals surface area contributed by atoms with Gasteiger partial charge in [-0.05, 0) is 44.0 Å². The first-order valence-electron chi connectivity index (χ1n) is 3.51. The summed E-state index contributed by atoms with van der Waals surface area (Å²) < 4.78 is 6.04. The summed E-state index contributed by atoms with van der Waals surface area (Å²) in [5.41, 5.74) is 0.668. The van der Waals surface area contributed by atoms with E-state index in [0.717, 1.165) is 4.47 Å². The summed E-state index contributed by atoms with van der Waals surface area (Å²) in [6.45, 7) is 0. The number of ether oxygens (including phenoxy) is 1. The highest BCUT2D eigenvalue weighted by Crippen LogP contribution is 2.18. The van der Waals surface area contributed by atoms with Gasteiger partial charge in [0.2, 0.25) is 0 Å². The maximum Gasteiger partial charge on any atom is 0.311 e. The summed E-state index contributed by atoms with van der Waals surface area (Å²) in [6.07, 6.45) is 0.177. The van der Waals surface area contributed by atoms with Crippen LogP contribution in [0.25, 0.3) is 0 Å². The maximum atomic E-state index is 10.9. The second kappa shape index (κ2) is 4.72. The Bertz CT molecular complexity index is 328. The van der Waals surface area contributed by atoms with Crippen molar-refractivity contribution in [3.63, 3.8) is 0 Å². The molecule has 0 atom stereocenters. The van der Waals surface area contributed by atoms with Gasteiger partial charge in [0.1, 0.15) is 4.60 Å². The molecule has 1 heterocycles. The van der Waals surface area contributed by atoms with Crippen LogP contribution in [0.15, 0.2) is 21.2 Å². The first-order valence-corrected chi connectivity index (χ1v) is 5.10. The van der Waals surface area contributed by atoms with Crippen LogP contribution in [0.4, 0.5) is 0 Å². The summed E-state index contributed by atoms with van der Waals surface area (Å²) in [7, 11) is 1.36. The number of aromatic nitrogens is 1. The van der Waals surface area contributed by atoms with Crippen LogP contribution < -0.4 is 0 Å². The van der Waals surface area contributed by atoms with E-state index in [9.17, 15) is 4.79 Å². The predicted octanol–water partition coefficient (Wildman–Crippen LogP) is 2.32. The first kappa shape index (κ1) is 10.7. The third kappa shape index (κ3) is 3.08. The Hall–Kier alpha value is -0.420. The van der Waals surface area contributed by atoms with Gasteiger partial charge in [0.15, 0.2) is 0 Å². The van der Waals surface area contributed by atoms with Gasteiger partial charge in [0, 0.05) is 4.47 Å². The first-order chi connectivity index (χ1) is 6.13. The van der Waals surface area contributed by atoms with E-state index < -0.39 is 0 Å². The van der Waals surface area contributed by atoms with Crippen LogP contribution in [-0.2, 0) is 16.0 Å². The molecule has 0 aliphatic rings. The fraction of sp³-hybridized carbons (Fsp3) is 0.250. The molecule has 0 fully saturated rings. The standard InChI is InChI=1S/C8H7Br2NO2/c1-13-8(12)4-6-5(9)2-3-7(10)11-6/h2-3H,4H2,1H3. The molecular weight excluding hydrogens is 302 g/mol. The smallest absolute Gasteiger partial charge is 0.311 e. The molecule has 0 spiro atoms. The number of nitrogens with zero attached hydrogens (tertiary/aromatic N) is 1. The molecule has 0 radical (unpaired) electrons. The number of hydrogen-bond acceptors (Lipinski definition) is 3. The Morgan fingerprint density at radius 2 is 2.23 bits per heavy atom. The molecule has 0 amide bonds. The average molecular weight is 309 g/mol. The minimum Gasteiger partial charge on any atom is -0.469 e. The zero-order chi connectivity index (χ0) is 9.84. The summed E-state index contributed by atoms with van der Waals surface area (Å²) in [4.78, 5) is 15.1. The molecule has 13 heavy (non-hydrogen) atoms. The Labute approximate surface area is 92.8 Å². The number of pyridine rings is 1. The molecule has 0 bridgehead atoms. The number of halogens is 2. The quantitative estimate of drug-likeness (QED) is 0.622. The van der Waals surface area contributed by atoms with Gasteiger partial charge in [-0.25, -0.2) is 4.98 Å². The fourth-order valence-corrected chi connectivity index (χ4v) is 1.50. The molecule has 0 N–H and O–H groups in total. The molecule has 1 aromatic rings. The average Bonchev–Trinajstić information content (AvgIpc) is 2.11. The molecule has 0 aliphatic carbocycles. The number of carbonyl (C=O) groups is 1. The fourth-order valence-electron chi connectivity index (χ4n) is 0.791. The molecule has 0 aromatic carbocycles. The topological polar surface area (TPSA) is 39.2 Å². The highest BCUT2D eigenvalue weighted by atomic mass is 79.9. The lowest BCUT2D eigenvalue weighted by molar-refractivity contribution is -0.139. The van der Waals surface area contributed by atoms with E-state index in [-0.39, 0.29) is 12.4 Å². The van der Waals surface area contributed by atoms with Crippen molar-refractivity contribution in [3.05, 3.63) is 26.9 Å². The van der Waals surface area contributed by atoms with Crippen molar-refractivity contribution in [1.82, 2.24) is 4.98 Å². The normalized spacial score (nSPS) is 9.77. The Morgan fingerprint density at radius 3 is 2.85 bits per heavy atom. The van der Waals surface area contributed by atoms with E-state index in [0.29, 0.717) is 10.3 Å². The van der Waals surface area contributed by atoms with Crippen molar-refractivity contribution in [3.8, 4) is 0 Å². The van der Waals surface area contributed by atoms with E-state index in [1.54, 1.807) is 6.07 Å². The SMILES string of the molecule is COC(=O)Cc1nc(Br)ccc1Br. The lowest BCUT2D eigenvalue weighted by atomic mass is 10.3. The van der Waals surface area contributed by atoms with E-state index in [2.05, 4.69) is 41.6 Å². The van der Waals surface area contributed by atoms with Crippen molar-refractivity contribution in [2.45, 2.75) is 6.42 Å². The zero-order valence-corrected chi connectivity index (χ0v) is 10.1. The van der Waals surface area contributed by atoms with Crippen LogP contribution in [0.2, 0.25) is 0 Å². The molecule has 0 saturated heterocycles. The van der Waals surface area contributed by atoms with Gasteiger partial charge in [-0.15, -0.1) is 0 Å². The number of hydrogen-bond donors (Lipinski definition) is 0. The van der Waals surface area contributed by atoms with Crippen molar-refractivity contribution in [1.29, 1.82) is 0 Å². The Kier molecular flexibility index (Phi) is 3.87. The van der Waals surface area contributed by atoms with Crippen LogP contribution in [0.3, 0.4) is 0 Å². The maximum absolute atomic E-state index is 10.9. The van der Waals surface area contributed by atoms with Gasteiger partial charge in [-0.3, -0.25) is 4.79 Å². The number of carbonyl (C=O) groups excluding carboxylic acids is 1. The minimum atomic E-state index is -0.300. The molecule has 0 unspecified atom stereocenters. The molecule has 5 heteroatoms. The van der Waals surface area contributed by atoms with Crippen LogP contribution in [0.1, 0.15) is 5.69 Å². The molecule has 1 aromatic heterocycles. The molecular formula is C8H7Br2NO2. The van der Waals surface area contributed by atoms with Crippen molar-refractivity contribution in [2.75, 3.05) is 7.11 Å². The highest BCUT2D eigenvalue weighted by molar-refractivity contribution is 9.11. The molecule has 0 saturated carbocycles. The molecule has 3 nitrogen and oxygen atoms in total. The van der Waals surface area contributed by atoms with E-state index >= 15 is 0 Å². The third-order valence-electron chi connectivity index (χ3n) is 1.42. The van der Waals surface area contributed by atoms with Crippen molar-refractivity contribution in [2.24, 2.45) is 0 Å². The van der Waals surface area contributed by atoms with E-state index in [1.807, 2.05) is 6.07 Å². The predicted molar refractivity (Wildman–Crippen MR) is 55.4 cm³/mol. The van der Waals surface area contributed by atoms with Gasteiger partial charge >= 0.3 is 5.97 Å². The van der Waals surface area contributed by atoms with Crippen LogP contribution in [-0.4, -0.2) is 18.1 Å². The highest BCUT2D eigenvalue weighted by Gasteiger charge is 2.08. The van der Waals surface area contributed by atoms with Gasteiger partial charge in [-0.2, -0.15) is 0 Å². The zero-order valence-electron chi connectivity index (χ0n) is 6.88. The van der Waals surface area contributed by atoms with Gasteiger partial charge in [0.05, 0.1) is 19.2 Å². The third-order valence-corrected chi connectivity index (χ3v) is 2.59. The van der Waals surface area contributed by atoms with Crippen molar-refractivity contribution >= 4 is 37.8 Å². The van der Waals surface area contributed by atoms with Crippen molar-refractivity contribution < 1.29 is 9.53 Å².